The highest BCUT2D eigenvalue weighted by Crippen LogP contribution is 2.25. The molecule has 0 amide bonds. The van der Waals surface area contributed by atoms with Gasteiger partial charge in [0, 0.05) is 19.8 Å². The first-order valence-electron chi connectivity index (χ1n) is 6.21. The molecule has 3 N–H and O–H groups in total. The summed E-state index contributed by atoms with van der Waals surface area (Å²) in [5, 5.41) is 8.78. The molecule has 0 fully saturated rings. The summed E-state index contributed by atoms with van der Waals surface area (Å²) >= 11 is 0. The van der Waals surface area contributed by atoms with Crippen LogP contribution in [0.4, 0.5) is 5.82 Å². The Hall–Kier alpha value is -2.15. The third-order valence-corrected chi connectivity index (χ3v) is 4.88. The molecule has 1 atom stereocenters. The van der Waals surface area contributed by atoms with Gasteiger partial charge in [-0.3, -0.25) is 4.40 Å². The van der Waals surface area contributed by atoms with Crippen molar-refractivity contribution in [2.75, 3.05) is 19.0 Å². The standard InChI is InChI=1S/C12H16N6O2S/c1-9(7-13)8-17(2)21(19,20)12-11(16-14)15-10-5-3-4-6-18(10)12/h3-6,9,16H,8,14H2,1-2H3. The first-order chi connectivity index (χ1) is 9.91. The van der Waals surface area contributed by atoms with Crippen molar-refractivity contribution in [1.29, 1.82) is 5.26 Å². The van der Waals surface area contributed by atoms with E-state index in [0.29, 0.717) is 5.65 Å². The van der Waals surface area contributed by atoms with Gasteiger partial charge in [0.15, 0.2) is 5.82 Å². The summed E-state index contributed by atoms with van der Waals surface area (Å²) in [6.45, 7) is 1.74. The summed E-state index contributed by atoms with van der Waals surface area (Å²) in [5.41, 5.74) is 2.77. The van der Waals surface area contributed by atoms with Gasteiger partial charge in [-0.2, -0.15) is 9.57 Å². The molecule has 21 heavy (non-hydrogen) atoms. The summed E-state index contributed by atoms with van der Waals surface area (Å²) in [6.07, 6.45) is 1.59. The van der Waals surface area contributed by atoms with E-state index >= 15 is 0 Å². The van der Waals surface area contributed by atoms with Crippen molar-refractivity contribution in [2.24, 2.45) is 11.8 Å². The number of aromatic nitrogens is 2. The number of hydrazine groups is 1. The van der Waals surface area contributed by atoms with Gasteiger partial charge in [0.25, 0.3) is 10.0 Å². The summed E-state index contributed by atoms with van der Waals surface area (Å²) in [4.78, 5) is 4.14. The molecule has 2 aromatic heterocycles. The highest BCUT2D eigenvalue weighted by atomic mass is 32.2. The van der Waals surface area contributed by atoms with Crippen LogP contribution in [0.15, 0.2) is 29.4 Å². The molecule has 0 bridgehead atoms. The number of sulfonamides is 1. The highest BCUT2D eigenvalue weighted by Gasteiger charge is 2.29. The van der Waals surface area contributed by atoms with E-state index < -0.39 is 15.9 Å². The normalized spacial score (nSPS) is 13.3. The van der Waals surface area contributed by atoms with Gasteiger partial charge in [-0.15, -0.1) is 0 Å². The second kappa shape index (κ2) is 5.69. The molecule has 0 aliphatic heterocycles. The second-order valence-electron chi connectivity index (χ2n) is 4.65. The Kier molecular flexibility index (Phi) is 4.13. The summed E-state index contributed by atoms with van der Waals surface area (Å²) < 4.78 is 28.0. The molecule has 112 valence electrons. The molecule has 2 rings (SSSR count). The van der Waals surface area contributed by atoms with Crippen LogP contribution in [0.1, 0.15) is 6.92 Å². The van der Waals surface area contributed by atoms with Gasteiger partial charge in [-0.25, -0.2) is 19.2 Å². The number of anilines is 1. The SMILES string of the molecule is CC(C#N)CN(C)S(=O)(=O)c1c(NN)nc2ccccn12. The zero-order chi connectivity index (χ0) is 15.6. The summed E-state index contributed by atoms with van der Waals surface area (Å²) in [6, 6.07) is 7.14. The van der Waals surface area contributed by atoms with E-state index in [1.807, 2.05) is 6.07 Å². The number of nitrogens with zero attached hydrogens (tertiary/aromatic N) is 4. The van der Waals surface area contributed by atoms with Crippen molar-refractivity contribution < 1.29 is 8.42 Å². The van der Waals surface area contributed by atoms with Crippen LogP contribution < -0.4 is 11.3 Å². The molecular weight excluding hydrogens is 292 g/mol. The van der Waals surface area contributed by atoms with E-state index in [4.69, 9.17) is 11.1 Å². The van der Waals surface area contributed by atoms with Crippen LogP contribution in [0.2, 0.25) is 0 Å². The Balaban J connectivity index is 2.57. The van der Waals surface area contributed by atoms with Gasteiger partial charge in [-0.1, -0.05) is 6.07 Å². The van der Waals surface area contributed by atoms with Gasteiger partial charge in [-0.05, 0) is 19.1 Å². The zero-order valence-corrected chi connectivity index (χ0v) is 12.5. The van der Waals surface area contributed by atoms with E-state index in [-0.39, 0.29) is 17.4 Å². The number of rotatable bonds is 5. The number of nitrogens with one attached hydrogen (secondary N) is 1. The average Bonchev–Trinajstić information content (AvgIpc) is 2.85. The van der Waals surface area contributed by atoms with Gasteiger partial charge in [0.05, 0.1) is 12.0 Å². The van der Waals surface area contributed by atoms with E-state index in [1.54, 1.807) is 31.3 Å². The van der Waals surface area contributed by atoms with E-state index in [9.17, 15) is 8.42 Å². The molecule has 2 aromatic rings. The number of nitrogen functional groups attached to an aromatic ring is 1. The molecule has 9 heteroatoms. The maximum atomic E-state index is 12.7. The smallest absolute Gasteiger partial charge is 0.262 e. The average molecular weight is 308 g/mol. The zero-order valence-electron chi connectivity index (χ0n) is 11.7. The minimum Gasteiger partial charge on any atom is -0.306 e. The van der Waals surface area contributed by atoms with Crippen molar-refractivity contribution in [3.63, 3.8) is 0 Å². The fourth-order valence-corrected chi connectivity index (χ4v) is 3.45. The minimum atomic E-state index is -3.83. The van der Waals surface area contributed by atoms with Crippen LogP contribution in [0.25, 0.3) is 5.65 Å². The Morgan fingerprint density at radius 3 is 2.90 bits per heavy atom. The number of hydrogen-bond donors (Lipinski definition) is 2. The van der Waals surface area contributed by atoms with Gasteiger partial charge >= 0.3 is 0 Å². The molecule has 0 saturated heterocycles. The number of imidazole rings is 1. The first-order valence-corrected chi connectivity index (χ1v) is 7.65. The molecule has 0 radical (unpaired) electrons. The van der Waals surface area contributed by atoms with Gasteiger partial charge < -0.3 is 5.43 Å². The lowest BCUT2D eigenvalue weighted by Gasteiger charge is -2.18. The van der Waals surface area contributed by atoms with Crippen LogP contribution in [0.5, 0.6) is 0 Å². The summed E-state index contributed by atoms with van der Waals surface area (Å²) in [5.74, 6) is 5.03. The molecule has 1 unspecified atom stereocenters. The van der Waals surface area contributed by atoms with Crippen LogP contribution in [0.3, 0.4) is 0 Å². The number of nitriles is 1. The molecule has 8 nitrogen and oxygen atoms in total. The quantitative estimate of drug-likeness (QED) is 0.610. The van der Waals surface area contributed by atoms with Crippen molar-refractivity contribution in [3.8, 4) is 6.07 Å². The van der Waals surface area contributed by atoms with Gasteiger partial charge in [0.2, 0.25) is 5.03 Å². The molecule has 0 aliphatic carbocycles. The molecular formula is C12H16N6O2S. The Morgan fingerprint density at radius 2 is 2.29 bits per heavy atom. The lowest BCUT2D eigenvalue weighted by atomic mass is 10.2. The van der Waals surface area contributed by atoms with E-state index in [2.05, 4.69) is 10.4 Å². The molecule has 0 spiro atoms. The largest absolute Gasteiger partial charge is 0.306 e. The van der Waals surface area contributed by atoms with Crippen LogP contribution in [-0.2, 0) is 10.0 Å². The minimum absolute atomic E-state index is 0.0479. The third-order valence-electron chi connectivity index (χ3n) is 3.03. The monoisotopic (exact) mass is 308 g/mol. The number of nitrogens with two attached hydrogens (primary N) is 1. The predicted octanol–water partition coefficient (Wildman–Crippen LogP) is 0.400. The Morgan fingerprint density at radius 1 is 1.57 bits per heavy atom. The first kappa shape index (κ1) is 15.2. The van der Waals surface area contributed by atoms with Gasteiger partial charge in [0.1, 0.15) is 5.65 Å². The van der Waals surface area contributed by atoms with Crippen LogP contribution in [0, 0.1) is 17.2 Å². The van der Waals surface area contributed by atoms with E-state index in [1.165, 1.54) is 11.4 Å². The fourth-order valence-electron chi connectivity index (χ4n) is 1.99. The summed E-state index contributed by atoms with van der Waals surface area (Å²) in [7, 11) is -2.41. The molecule has 2 heterocycles. The lowest BCUT2D eigenvalue weighted by Crippen LogP contribution is -2.32. The van der Waals surface area contributed by atoms with Crippen molar-refractivity contribution in [3.05, 3.63) is 24.4 Å². The fraction of sp³-hybridized carbons (Fsp3) is 0.333. The van der Waals surface area contributed by atoms with Crippen LogP contribution >= 0.6 is 0 Å². The Bertz CT molecular complexity index is 792. The third kappa shape index (κ3) is 2.69. The maximum Gasteiger partial charge on any atom is 0.262 e. The van der Waals surface area contributed by atoms with Crippen molar-refractivity contribution in [1.82, 2.24) is 13.7 Å². The second-order valence-corrected chi connectivity index (χ2v) is 6.61. The number of hydrogen-bond acceptors (Lipinski definition) is 6. The molecule has 0 aromatic carbocycles. The number of pyridine rings is 1. The molecule has 0 aliphatic rings. The molecule has 0 saturated carbocycles. The highest BCUT2D eigenvalue weighted by molar-refractivity contribution is 7.89. The van der Waals surface area contributed by atoms with Crippen LogP contribution in [-0.4, -0.2) is 35.7 Å². The maximum absolute atomic E-state index is 12.7. The van der Waals surface area contributed by atoms with Crippen molar-refractivity contribution >= 4 is 21.5 Å². The lowest BCUT2D eigenvalue weighted by molar-refractivity contribution is 0.436. The topological polar surface area (TPSA) is 117 Å². The van der Waals surface area contributed by atoms with Crippen molar-refractivity contribution in [2.45, 2.75) is 11.9 Å². The number of fused-ring (bicyclic) bond motifs is 1. The predicted molar refractivity (Wildman–Crippen MR) is 77.6 cm³/mol. The Labute approximate surface area is 122 Å². The van der Waals surface area contributed by atoms with E-state index in [0.717, 1.165) is 4.31 Å².